The van der Waals surface area contributed by atoms with E-state index in [1.54, 1.807) is 0 Å². The maximum Gasteiger partial charge on any atom is 0.290 e. The Balaban J connectivity index is 2.18. The fraction of sp³-hybridized carbons (Fsp3) is 0. The van der Waals surface area contributed by atoms with Crippen molar-refractivity contribution in [3.63, 3.8) is 0 Å². The fourth-order valence-corrected chi connectivity index (χ4v) is 2.33. The summed E-state index contributed by atoms with van der Waals surface area (Å²) in [4.78, 5) is 21.9. The van der Waals surface area contributed by atoms with Crippen molar-refractivity contribution in [2.75, 3.05) is 5.32 Å². The van der Waals surface area contributed by atoms with Gasteiger partial charge in [-0.3, -0.25) is 14.9 Å². The molecule has 24 heavy (non-hydrogen) atoms. The summed E-state index contributed by atoms with van der Waals surface area (Å²) < 4.78 is 27.8. The highest BCUT2D eigenvalue weighted by molar-refractivity contribution is 9.10. The molecule has 0 fully saturated rings. The van der Waals surface area contributed by atoms with Crippen LogP contribution in [-0.2, 0) is 0 Å². The summed E-state index contributed by atoms with van der Waals surface area (Å²) in [7, 11) is 0. The van der Waals surface area contributed by atoms with E-state index in [2.05, 4.69) is 21.2 Å². The largest absolute Gasteiger partial charge is 0.359 e. The number of carbonyl (C=O) groups excluding carboxylic acids is 1. The molecule has 0 saturated carbocycles. The van der Waals surface area contributed by atoms with Crippen LogP contribution in [0.1, 0.15) is 10.4 Å². The second kappa shape index (κ2) is 7.50. The number of benzene rings is 2. The molecule has 124 valence electrons. The Morgan fingerprint density at radius 2 is 1.96 bits per heavy atom. The summed E-state index contributed by atoms with van der Waals surface area (Å²) in [5.74, 6) is -2.21. The third-order valence-corrected chi connectivity index (χ3v) is 3.70. The number of ketones is 1. The van der Waals surface area contributed by atoms with E-state index in [0.29, 0.717) is 4.47 Å². The van der Waals surface area contributed by atoms with Gasteiger partial charge < -0.3 is 5.32 Å². The Morgan fingerprint density at radius 3 is 2.58 bits per heavy atom. The van der Waals surface area contributed by atoms with Crippen molar-refractivity contribution in [2.45, 2.75) is 0 Å². The van der Waals surface area contributed by atoms with Crippen LogP contribution in [0.5, 0.6) is 0 Å². The van der Waals surface area contributed by atoms with Crippen LogP contribution in [0.3, 0.4) is 0 Å². The summed E-state index contributed by atoms with van der Waals surface area (Å²) in [6.07, 6.45) is 2.03. The molecule has 0 bridgehead atoms. The molecule has 0 aromatic heterocycles. The molecule has 5 nitrogen and oxygen atoms in total. The molecule has 0 spiro atoms. The Labute approximate surface area is 148 Å². The predicted octanol–water partition coefficient (Wildman–Crippen LogP) is 5.10. The van der Waals surface area contributed by atoms with Gasteiger partial charge in [0.2, 0.25) is 0 Å². The lowest BCUT2D eigenvalue weighted by Gasteiger charge is -2.04. The van der Waals surface area contributed by atoms with Crippen LogP contribution in [0.15, 0.2) is 47.1 Å². The molecule has 2 rings (SSSR count). The number of nitrogens with zero attached hydrogens (tertiary/aromatic N) is 1. The highest BCUT2D eigenvalue weighted by atomic mass is 79.9. The number of nitro benzene ring substituents is 1. The van der Waals surface area contributed by atoms with Gasteiger partial charge in [0.15, 0.2) is 5.78 Å². The van der Waals surface area contributed by atoms with Gasteiger partial charge in [0.25, 0.3) is 5.69 Å². The predicted molar refractivity (Wildman–Crippen MR) is 89.3 cm³/mol. The fourth-order valence-electron chi connectivity index (χ4n) is 1.77. The Morgan fingerprint density at radius 1 is 1.25 bits per heavy atom. The minimum Gasteiger partial charge on any atom is -0.359 e. The number of nitrogens with one attached hydrogen (secondary N) is 1. The van der Waals surface area contributed by atoms with Crippen LogP contribution in [0.25, 0.3) is 0 Å². The molecular weight excluding hydrogens is 410 g/mol. The van der Waals surface area contributed by atoms with Crippen molar-refractivity contribution in [3.05, 3.63) is 79.4 Å². The first-order chi connectivity index (χ1) is 11.3. The highest BCUT2D eigenvalue weighted by Gasteiger charge is 2.16. The molecule has 2 aromatic carbocycles. The molecule has 0 saturated heterocycles. The van der Waals surface area contributed by atoms with Gasteiger partial charge >= 0.3 is 0 Å². The van der Waals surface area contributed by atoms with Crippen molar-refractivity contribution in [1.29, 1.82) is 0 Å². The lowest BCUT2D eigenvalue weighted by atomic mass is 10.1. The van der Waals surface area contributed by atoms with Gasteiger partial charge in [-0.05, 0) is 18.2 Å². The number of anilines is 1. The molecule has 0 amide bonds. The normalized spacial score (nSPS) is 10.8. The second-order valence-corrected chi connectivity index (χ2v) is 5.83. The van der Waals surface area contributed by atoms with E-state index in [0.717, 1.165) is 30.5 Å². The molecule has 0 unspecified atom stereocenters. The maximum absolute atomic E-state index is 13.7. The van der Waals surface area contributed by atoms with E-state index in [1.807, 2.05) is 0 Å². The number of hydrogen-bond acceptors (Lipinski definition) is 4. The van der Waals surface area contributed by atoms with E-state index >= 15 is 0 Å². The van der Waals surface area contributed by atoms with E-state index in [9.17, 15) is 23.7 Å². The minimum absolute atomic E-state index is 0.168. The Hall–Kier alpha value is -2.32. The smallest absolute Gasteiger partial charge is 0.290 e. The van der Waals surface area contributed by atoms with Crippen LogP contribution in [0.4, 0.5) is 20.2 Å². The number of allylic oxidation sites excluding steroid dienone is 1. The summed E-state index contributed by atoms with van der Waals surface area (Å²) in [6, 6.07) is 5.61. The number of carbonyl (C=O) groups is 1. The SMILES string of the molecule is O=C(C=CNc1cc([N+](=O)[O-])c(Cl)cc1F)c1ccc(Br)cc1F. The zero-order valence-corrected chi connectivity index (χ0v) is 14.1. The van der Waals surface area contributed by atoms with E-state index in [1.165, 1.54) is 12.1 Å². The van der Waals surface area contributed by atoms with Crippen LogP contribution in [0, 0.1) is 21.7 Å². The average molecular weight is 418 g/mol. The summed E-state index contributed by atoms with van der Waals surface area (Å²) in [5.41, 5.74) is -0.899. The number of nitro groups is 1. The Bertz CT molecular complexity index is 859. The molecule has 0 atom stereocenters. The quantitative estimate of drug-likeness (QED) is 0.318. The van der Waals surface area contributed by atoms with Crippen LogP contribution in [0.2, 0.25) is 5.02 Å². The second-order valence-electron chi connectivity index (χ2n) is 4.51. The van der Waals surface area contributed by atoms with E-state index in [4.69, 9.17) is 11.6 Å². The lowest BCUT2D eigenvalue weighted by Crippen LogP contribution is -2.01. The van der Waals surface area contributed by atoms with Gasteiger partial charge in [-0.2, -0.15) is 0 Å². The van der Waals surface area contributed by atoms with Gasteiger partial charge in [-0.15, -0.1) is 0 Å². The number of hydrogen-bond donors (Lipinski definition) is 1. The first kappa shape index (κ1) is 18.0. The monoisotopic (exact) mass is 416 g/mol. The van der Waals surface area contributed by atoms with Gasteiger partial charge in [-0.25, -0.2) is 8.78 Å². The number of halogens is 4. The zero-order valence-electron chi connectivity index (χ0n) is 11.7. The van der Waals surface area contributed by atoms with Gasteiger partial charge in [0.05, 0.1) is 16.2 Å². The van der Waals surface area contributed by atoms with Crippen molar-refractivity contribution < 1.29 is 18.5 Å². The molecule has 0 radical (unpaired) electrons. The van der Waals surface area contributed by atoms with Crippen molar-refractivity contribution >= 4 is 44.7 Å². The minimum atomic E-state index is -0.836. The van der Waals surface area contributed by atoms with Crippen LogP contribution < -0.4 is 5.32 Å². The van der Waals surface area contributed by atoms with Crippen molar-refractivity contribution in [2.24, 2.45) is 0 Å². The summed E-state index contributed by atoms with van der Waals surface area (Å²) in [6.45, 7) is 0. The molecule has 0 aliphatic carbocycles. The van der Waals surface area contributed by atoms with Crippen LogP contribution >= 0.6 is 27.5 Å². The molecule has 1 N–H and O–H groups in total. The van der Waals surface area contributed by atoms with Gasteiger partial charge in [0, 0.05) is 28.9 Å². The molecule has 9 heteroatoms. The first-order valence-electron chi connectivity index (χ1n) is 6.35. The molecule has 0 aliphatic heterocycles. The zero-order chi connectivity index (χ0) is 17.9. The van der Waals surface area contributed by atoms with E-state index < -0.39 is 28.0 Å². The standard InChI is InChI=1S/C15H8BrClF2N2O3/c16-8-1-2-9(11(18)5-8)15(22)3-4-20-13-7-14(21(23)24)10(17)6-12(13)19/h1-7,20H. The third-order valence-electron chi connectivity index (χ3n) is 2.90. The highest BCUT2D eigenvalue weighted by Crippen LogP contribution is 2.30. The maximum atomic E-state index is 13.7. The van der Waals surface area contributed by atoms with Crippen molar-refractivity contribution in [1.82, 2.24) is 0 Å². The third kappa shape index (κ3) is 4.15. The van der Waals surface area contributed by atoms with E-state index in [-0.39, 0.29) is 16.3 Å². The van der Waals surface area contributed by atoms with Crippen LogP contribution in [-0.4, -0.2) is 10.7 Å². The topological polar surface area (TPSA) is 72.2 Å². The lowest BCUT2D eigenvalue weighted by molar-refractivity contribution is -0.384. The van der Waals surface area contributed by atoms with Gasteiger partial charge in [0.1, 0.15) is 16.7 Å². The first-order valence-corrected chi connectivity index (χ1v) is 7.52. The Kier molecular flexibility index (Phi) is 5.63. The molecule has 0 heterocycles. The average Bonchev–Trinajstić information content (AvgIpc) is 2.48. The molecule has 0 aliphatic rings. The summed E-state index contributed by atoms with van der Waals surface area (Å²) >= 11 is 8.64. The molecular formula is C15H8BrClF2N2O3. The van der Waals surface area contributed by atoms with Crippen molar-refractivity contribution in [3.8, 4) is 0 Å². The number of rotatable bonds is 5. The van der Waals surface area contributed by atoms with Gasteiger partial charge in [-0.1, -0.05) is 27.5 Å². The molecule has 2 aromatic rings. The summed E-state index contributed by atoms with van der Waals surface area (Å²) in [5, 5.41) is 12.8.